The molecule has 0 saturated carbocycles. The molecule has 7 aromatic carbocycles. The summed E-state index contributed by atoms with van der Waals surface area (Å²) in [5.41, 5.74) is 20.6. The van der Waals surface area contributed by atoms with Crippen LogP contribution in [0.25, 0.3) is 33.0 Å². The van der Waals surface area contributed by atoms with Gasteiger partial charge in [-0.2, -0.15) is 0 Å². The van der Waals surface area contributed by atoms with E-state index in [0.717, 1.165) is 43.4 Å². The number of carbonyl (C=O) groups excluding carboxylic acids is 1. The minimum Gasteiger partial charge on any atom is -0.397 e. The molecule has 4 aliphatic rings. The minimum atomic E-state index is 0. The maximum atomic E-state index is 11.3. The molecule has 7 aromatic rings. The van der Waals surface area contributed by atoms with Gasteiger partial charge in [0, 0.05) is 24.3 Å². The molecule has 0 fully saturated rings. The van der Waals surface area contributed by atoms with Gasteiger partial charge in [0.1, 0.15) is 0 Å². The fraction of sp³-hybridized carbons (Fsp3) is 0.173. The zero-order valence-electron chi connectivity index (χ0n) is 32.6. The summed E-state index contributed by atoms with van der Waals surface area (Å²) in [4.78, 5) is 11.3. The van der Waals surface area contributed by atoms with Crippen molar-refractivity contribution in [1.29, 1.82) is 0 Å². The zero-order chi connectivity index (χ0) is 38.7. The van der Waals surface area contributed by atoms with Crippen LogP contribution in [0.5, 0.6) is 0 Å². The lowest BCUT2D eigenvalue weighted by molar-refractivity contribution is 0.0972. The first kappa shape index (κ1) is 40.9. The number of rotatable bonds is 1. The number of allylic oxidation sites excluding steroid dienone is 2. The summed E-state index contributed by atoms with van der Waals surface area (Å²) in [5.74, 6) is 5.41. The van der Waals surface area contributed by atoms with Gasteiger partial charge in [0.25, 0.3) is 0 Å². The summed E-state index contributed by atoms with van der Waals surface area (Å²) in [6.07, 6.45) is 7.44. The van der Waals surface area contributed by atoms with Gasteiger partial charge < -0.3 is 10.5 Å². The average molecular weight is 771 g/mol. The second-order valence-corrected chi connectivity index (χ2v) is 14.4. The molecule has 11 rings (SSSR count). The molecule has 0 bridgehead atoms. The normalized spacial score (nSPS) is 13.3. The number of anilines is 1. The van der Waals surface area contributed by atoms with Gasteiger partial charge in [0.15, 0.2) is 5.78 Å². The van der Waals surface area contributed by atoms with Crippen molar-refractivity contribution < 1.29 is 9.90 Å². The van der Waals surface area contributed by atoms with Gasteiger partial charge in [0.2, 0.25) is 0 Å². The molecular formula is C52H51ClN2O2. The maximum Gasteiger partial charge on any atom is 0.163 e. The number of halogens is 1. The van der Waals surface area contributed by atoms with Crippen molar-refractivity contribution in [3.8, 4) is 11.1 Å². The molecular weight excluding hydrogens is 720 g/mol. The number of nitrogen functional groups attached to an aromatic ring is 1. The van der Waals surface area contributed by atoms with E-state index in [1.54, 1.807) is 18.1 Å². The number of Topliss-reactive ketones (excluding diaryl/α,β-unsaturated/α-hetero) is 1. The lowest BCUT2D eigenvalue weighted by atomic mass is 9.86. The molecule has 0 unspecified atom stereocenters. The van der Waals surface area contributed by atoms with Gasteiger partial charge in [-0.15, -0.1) is 12.4 Å². The number of hydrogen-bond acceptors (Lipinski definition) is 4. The molecule has 0 spiro atoms. The van der Waals surface area contributed by atoms with Crippen LogP contribution in [-0.4, -0.2) is 17.5 Å². The van der Waals surface area contributed by atoms with Crippen molar-refractivity contribution >= 4 is 45.8 Å². The van der Waals surface area contributed by atoms with E-state index in [9.17, 15) is 4.79 Å². The van der Waals surface area contributed by atoms with Crippen molar-refractivity contribution in [2.45, 2.75) is 51.9 Å². The molecule has 5 heteroatoms. The molecule has 4 N–H and O–H groups in total. The van der Waals surface area contributed by atoms with Crippen molar-refractivity contribution in [3.63, 3.8) is 0 Å². The number of hydrazine groups is 1. The number of para-hydroxylation sites is 1. The average Bonchev–Trinajstić information content (AvgIpc) is 3.85. The number of carbonyl (C=O) groups is 1. The Kier molecular flexibility index (Phi) is 14.3. The van der Waals surface area contributed by atoms with Gasteiger partial charge >= 0.3 is 0 Å². The highest BCUT2D eigenvalue weighted by Gasteiger charge is 2.26. The van der Waals surface area contributed by atoms with E-state index in [1.165, 1.54) is 73.7 Å². The van der Waals surface area contributed by atoms with E-state index < -0.39 is 0 Å². The lowest BCUT2D eigenvalue weighted by Gasteiger charge is -2.18. The van der Waals surface area contributed by atoms with Crippen LogP contribution in [0.3, 0.4) is 0 Å². The Labute approximate surface area is 343 Å². The number of nitrogens with two attached hydrogens (primary N) is 1. The smallest absolute Gasteiger partial charge is 0.163 e. The van der Waals surface area contributed by atoms with Crippen LogP contribution in [0, 0.1) is 0 Å². The molecule has 0 atom stereocenters. The first-order chi connectivity index (χ1) is 27.6. The first-order valence-corrected chi connectivity index (χ1v) is 19.8. The summed E-state index contributed by atoms with van der Waals surface area (Å²) in [6.45, 7) is 1.93. The molecule has 0 saturated heterocycles. The number of fused-ring (bicyclic) bond motifs is 10. The summed E-state index contributed by atoms with van der Waals surface area (Å²) < 4.78 is 0. The Hall–Kier alpha value is -5.78. The van der Waals surface area contributed by atoms with E-state index >= 15 is 0 Å². The second kappa shape index (κ2) is 19.9. The Balaban J connectivity index is 0.000000129. The Morgan fingerprint density at radius 3 is 1.68 bits per heavy atom. The van der Waals surface area contributed by atoms with Gasteiger partial charge in [-0.3, -0.25) is 10.6 Å². The third kappa shape index (κ3) is 9.44. The number of aliphatic hydroxyl groups is 1. The number of aliphatic hydroxyl groups excluding tert-OH is 1. The first-order valence-electron chi connectivity index (χ1n) is 19.8. The molecule has 4 aliphatic carbocycles. The highest BCUT2D eigenvalue weighted by atomic mass is 35.5. The van der Waals surface area contributed by atoms with Gasteiger partial charge in [-0.05, 0) is 130 Å². The Morgan fingerprint density at radius 2 is 1.04 bits per heavy atom. The van der Waals surface area contributed by atoms with Crippen LogP contribution in [0.1, 0.15) is 75.5 Å². The molecule has 0 aromatic heterocycles. The molecule has 57 heavy (non-hydrogen) atoms. The van der Waals surface area contributed by atoms with Crippen molar-refractivity contribution in [2.75, 3.05) is 12.0 Å². The zero-order valence-corrected chi connectivity index (χ0v) is 33.4. The number of benzene rings is 7. The van der Waals surface area contributed by atoms with Crippen molar-refractivity contribution in [3.05, 3.63) is 208 Å². The highest BCUT2D eigenvalue weighted by molar-refractivity contribution is 5.99. The number of aryl methyl sites for hydroxylation is 2. The van der Waals surface area contributed by atoms with Crippen LogP contribution < -0.4 is 11.3 Å². The molecule has 0 heterocycles. The SMILES string of the molecule is CCO.Cl.NNc1ccccc1.O=C1CCCc2ccccc21.c1ccc2c(c1)CCC1=C2Cc2ccccc21.c1ccc2c(c1)Cc1c-2ccc2ccccc12. The Morgan fingerprint density at radius 1 is 0.509 bits per heavy atom. The summed E-state index contributed by atoms with van der Waals surface area (Å²) in [7, 11) is 0. The Bertz CT molecular complexity index is 2470. The van der Waals surface area contributed by atoms with Crippen LogP contribution in [0.15, 0.2) is 164 Å². The highest BCUT2D eigenvalue weighted by Crippen LogP contribution is 2.45. The minimum absolute atomic E-state index is 0. The van der Waals surface area contributed by atoms with Crippen LogP contribution in [0.2, 0.25) is 0 Å². The predicted octanol–water partition coefficient (Wildman–Crippen LogP) is 12.1. The second-order valence-electron chi connectivity index (χ2n) is 14.4. The van der Waals surface area contributed by atoms with Crippen LogP contribution in [-0.2, 0) is 25.7 Å². The predicted molar refractivity (Wildman–Crippen MR) is 242 cm³/mol. The topological polar surface area (TPSA) is 75.3 Å². The van der Waals surface area contributed by atoms with E-state index in [2.05, 4.69) is 115 Å². The quantitative estimate of drug-likeness (QED) is 0.115. The van der Waals surface area contributed by atoms with Crippen LogP contribution in [0.4, 0.5) is 5.69 Å². The monoisotopic (exact) mass is 770 g/mol. The summed E-state index contributed by atoms with van der Waals surface area (Å²) >= 11 is 0. The maximum absolute atomic E-state index is 11.3. The number of nitrogens with one attached hydrogen (secondary N) is 1. The third-order valence-electron chi connectivity index (χ3n) is 10.9. The van der Waals surface area contributed by atoms with E-state index in [1.807, 2.05) is 54.6 Å². The van der Waals surface area contributed by atoms with E-state index in [0.29, 0.717) is 5.78 Å². The molecule has 0 aliphatic heterocycles. The van der Waals surface area contributed by atoms with Crippen molar-refractivity contribution in [1.82, 2.24) is 0 Å². The summed E-state index contributed by atoms with van der Waals surface area (Å²) in [6, 6.07) is 57.2. The molecule has 0 amide bonds. The fourth-order valence-corrected chi connectivity index (χ4v) is 8.29. The third-order valence-corrected chi connectivity index (χ3v) is 10.9. The van der Waals surface area contributed by atoms with E-state index in [-0.39, 0.29) is 19.0 Å². The summed E-state index contributed by atoms with van der Waals surface area (Å²) in [5, 5.41) is 10.3. The van der Waals surface area contributed by atoms with Gasteiger partial charge in [0.05, 0.1) is 0 Å². The van der Waals surface area contributed by atoms with E-state index in [4.69, 9.17) is 10.9 Å². The number of ketones is 1. The molecule has 0 radical (unpaired) electrons. The molecule has 4 nitrogen and oxygen atoms in total. The van der Waals surface area contributed by atoms with Gasteiger partial charge in [-0.25, -0.2) is 0 Å². The van der Waals surface area contributed by atoms with Gasteiger partial charge in [-0.1, -0.05) is 152 Å². The standard InChI is InChI=1S/C17H14.C17H12.C10H10O.C6H8N2.C2H6O.ClH/c2*1-3-7-14-12(5-1)9-10-16-15-8-4-2-6-13(15)11-17(14)16;11-10-7-3-5-8-4-1-2-6-9(8)10;7-8-6-4-2-1-3-5-6;1-2-3;/h1-8H,9-11H2;1-10H,11H2;1-2,4,6H,3,5,7H2;1-5,8H,7H2;3H,2H2,1H3;1H. The lowest BCUT2D eigenvalue weighted by Crippen LogP contribution is -2.09. The molecule has 288 valence electrons. The largest absolute Gasteiger partial charge is 0.397 e. The van der Waals surface area contributed by atoms with Crippen LogP contribution >= 0.6 is 12.4 Å². The number of hydrogen-bond donors (Lipinski definition) is 3. The van der Waals surface area contributed by atoms with Crippen molar-refractivity contribution in [2.24, 2.45) is 5.84 Å². The fourth-order valence-electron chi connectivity index (χ4n) is 8.29.